The molecule has 0 aromatic rings. The number of aliphatic carboxylic acids is 1. The predicted octanol–water partition coefficient (Wildman–Crippen LogP) is -1.29. The van der Waals surface area contributed by atoms with E-state index in [1.807, 2.05) is 0 Å². The third-order valence-corrected chi connectivity index (χ3v) is 1.50. The first-order chi connectivity index (χ1) is 6.49. The minimum atomic E-state index is -1.28. The Labute approximate surface area is 81.1 Å². The molecule has 4 N–H and O–H groups in total. The van der Waals surface area contributed by atoms with E-state index >= 15 is 0 Å². The molecule has 0 bridgehead atoms. The summed E-state index contributed by atoms with van der Waals surface area (Å²) in [6, 6.07) is 0. The third-order valence-electron chi connectivity index (χ3n) is 1.50. The van der Waals surface area contributed by atoms with Gasteiger partial charge in [-0.25, -0.2) is 4.79 Å². The Morgan fingerprint density at radius 2 is 2.00 bits per heavy atom. The van der Waals surface area contributed by atoms with Crippen molar-refractivity contribution in [2.75, 3.05) is 13.2 Å². The van der Waals surface area contributed by atoms with Gasteiger partial charge in [0.25, 0.3) is 0 Å². The van der Waals surface area contributed by atoms with E-state index in [-0.39, 0.29) is 12.2 Å². The lowest BCUT2D eigenvalue weighted by Gasteiger charge is -2.14. The molecule has 0 aliphatic rings. The minimum absolute atomic E-state index is 0.0179. The highest BCUT2D eigenvalue weighted by atomic mass is 16.5. The van der Waals surface area contributed by atoms with Crippen LogP contribution in [0.2, 0.25) is 0 Å². The fraction of sp³-hybridized carbons (Fsp3) is 0.625. The molecule has 6 nitrogen and oxygen atoms in total. The monoisotopic (exact) mass is 206 g/mol. The van der Waals surface area contributed by atoms with Gasteiger partial charge in [0.2, 0.25) is 0 Å². The van der Waals surface area contributed by atoms with E-state index in [9.17, 15) is 4.79 Å². The van der Waals surface area contributed by atoms with E-state index in [1.54, 1.807) is 0 Å². The zero-order valence-electron chi connectivity index (χ0n) is 7.75. The summed E-state index contributed by atoms with van der Waals surface area (Å²) in [6.45, 7) is 0.482. The average Bonchev–Trinajstić information content (AvgIpc) is 2.15. The molecule has 0 saturated heterocycles. The summed E-state index contributed by atoms with van der Waals surface area (Å²) in [5.41, 5.74) is -0.0179. The Kier molecular flexibility index (Phi) is 5.86. The molecule has 82 valence electrons. The van der Waals surface area contributed by atoms with E-state index in [0.29, 0.717) is 0 Å². The molecule has 0 heterocycles. The molecular formula is C8H14O6. The van der Waals surface area contributed by atoms with Crippen molar-refractivity contribution in [3.05, 3.63) is 11.8 Å². The summed E-state index contributed by atoms with van der Waals surface area (Å²) in [4.78, 5) is 10.3. The molecule has 0 rings (SSSR count). The number of aliphatic hydroxyl groups is 3. The lowest BCUT2D eigenvalue weighted by molar-refractivity contribution is -0.132. The molecular weight excluding hydrogens is 192 g/mol. The van der Waals surface area contributed by atoms with Crippen molar-refractivity contribution in [2.24, 2.45) is 0 Å². The van der Waals surface area contributed by atoms with Gasteiger partial charge in [-0.1, -0.05) is 0 Å². The molecule has 0 radical (unpaired) electrons. The molecule has 0 saturated carbocycles. The van der Waals surface area contributed by atoms with Gasteiger partial charge in [0.1, 0.15) is 18.8 Å². The van der Waals surface area contributed by atoms with Crippen LogP contribution in [0.5, 0.6) is 0 Å². The molecule has 0 spiro atoms. The van der Waals surface area contributed by atoms with Crippen molar-refractivity contribution in [2.45, 2.75) is 19.1 Å². The molecule has 6 heteroatoms. The number of hydrogen-bond acceptors (Lipinski definition) is 5. The van der Waals surface area contributed by atoms with Crippen molar-refractivity contribution in [3.63, 3.8) is 0 Å². The van der Waals surface area contributed by atoms with Gasteiger partial charge >= 0.3 is 5.97 Å². The average molecular weight is 206 g/mol. The van der Waals surface area contributed by atoms with Gasteiger partial charge in [0.15, 0.2) is 0 Å². The summed E-state index contributed by atoms with van der Waals surface area (Å²) >= 11 is 0. The molecule has 0 amide bonds. The Hall–Kier alpha value is -1.11. The molecule has 0 unspecified atom stereocenters. The highest BCUT2D eigenvalue weighted by Gasteiger charge is 2.14. The van der Waals surface area contributed by atoms with Gasteiger partial charge in [-0.15, -0.1) is 0 Å². The Morgan fingerprint density at radius 3 is 2.43 bits per heavy atom. The van der Waals surface area contributed by atoms with Crippen molar-refractivity contribution in [1.82, 2.24) is 0 Å². The van der Waals surface area contributed by atoms with E-state index in [0.717, 1.165) is 6.26 Å². The van der Waals surface area contributed by atoms with Gasteiger partial charge in [0, 0.05) is 0 Å². The molecule has 14 heavy (non-hydrogen) atoms. The summed E-state index contributed by atoms with van der Waals surface area (Å²) in [5.74, 6) is -1.12. The van der Waals surface area contributed by atoms with Crippen LogP contribution >= 0.6 is 0 Å². The van der Waals surface area contributed by atoms with Crippen LogP contribution in [0.1, 0.15) is 6.92 Å². The summed E-state index contributed by atoms with van der Waals surface area (Å²) in [7, 11) is 0. The van der Waals surface area contributed by atoms with Gasteiger partial charge in [-0.3, -0.25) is 0 Å². The van der Waals surface area contributed by atoms with Gasteiger partial charge < -0.3 is 25.2 Å². The zero-order chi connectivity index (χ0) is 11.1. The van der Waals surface area contributed by atoms with Crippen molar-refractivity contribution >= 4 is 5.97 Å². The largest absolute Gasteiger partial charge is 0.498 e. The summed E-state index contributed by atoms with van der Waals surface area (Å²) < 4.78 is 4.68. The fourth-order valence-electron chi connectivity index (χ4n) is 0.555. The second-order valence-corrected chi connectivity index (χ2v) is 2.76. The predicted molar refractivity (Wildman–Crippen MR) is 46.4 cm³/mol. The topological polar surface area (TPSA) is 107 Å². The maximum Gasteiger partial charge on any atom is 0.334 e. The fourth-order valence-corrected chi connectivity index (χ4v) is 0.555. The van der Waals surface area contributed by atoms with Crippen LogP contribution < -0.4 is 0 Å². The van der Waals surface area contributed by atoms with Crippen LogP contribution in [-0.2, 0) is 9.53 Å². The Balaban J connectivity index is 3.84. The standard InChI is InChI=1S/C8H14O6/c1-5(8(12)13)3-14-4-7(11)6(10)2-9/h3,6-7,9-11H,2,4H2,1H3,(H,12,13)/t6-,7+/m1/s1. The zero-order valence-corrected chi connectivity index (χ0v) is 7.75. The van der Waals surface area contributed by atoms with Crippen LogP contribution in [0.4, 0.5) is 0 Å². The van der Waals surface area contributed by atoms with Crippen LogP contribution in [0, 0.1) is 0 Å². The number of carboxylic acids is 1. The number of ether oxygens (including phenoxy) is 1. The Bertz CT molecular complexity index is 212. The van der Waals surface area contributed by atoms with Crippen molar-refractivity contribution in [3.8, 4) is 0 Å². The van der Waals surface area contributed by atoms with E-state index in [2.05, 4.69) is 4.74 Å². The van der Waals surface area contributed by atoms with Crippen LogP contribution in [0.15, 0.2) is 11.8 Å². The van der Waals surface area contributed by atoms with Crippen LogP contribution in [0.3, 0.4) is 0 Å². The van der Waals surface area contributed by atoms with E-state index in [1.165, 1.54) is 6.92 Å². The highest BCUT2D eigenvalue weighted by molar-refractivity contribution is 5.85. The first-order valence-corrected chi connectivity index (χ1v) is 3.97. The first kappa shape index (κ1) is 12.9. The minimum Gasteiger partial charge on any atom is -0.498 e. The number of rotatable bonds is 6. The third kappa shape index (κ3) is 4.80. The van der Waals surface area contributed by atoms with E-state index in [4.69, 9.17) is 20.4 Å². The molecule has 0 aliphatic carbocycles. The van der Waals surface area contributed by atoms with Crippen LogP contribution in [0.25, 0.3) is 0 Å². The SMILES string of the molecule is CC(=COC[C@H](O)[C@H](O)CO)C(=O)O. The maximum absolute atomic E-state index is 10.3. The smallest absolute Gasteiger partial charge is 0.334 e. The number of hydrogen-bond donors (Lipinski definition) is 4. The number of aliphatic hydroxyl groups excluding tert-OH is 3. The van der Waals surface area contributed by atoms with E-state index < -0.39 is 24.8 Å². The summed E-state index contributed by atoms with van der Waals surface area (Å²) in [5, 5.41) is 34.8. The second kappa shape index (κ2) is 6.36. The molecule has 0 aromatic heterocycles. The quantitative estimate of drug-likeness (QED) is 0.318. The lowest BCUT2D eigenvalue weighted by atomic mass is 10.2. The summed E-state index contributed by atoms with van der Waals surface area (Å²) in [6.07, 6.45) is -1.55. The van der Waals surface area contributed by atoms with Gasteiger partial charge in [0.05, 0.1) is 18.4 Å². The molecule has 2 atom stereocenters. The highest BCUT2D eigenvalue weighted by Crippen LogP contribution is 1.97. The second-order valence-electron chi connectivity index (χ2n) is 2.76. The van der Waals surface area contributed by atoms with Crippen molar-refractivity contribution < 1.29 is 30.0 Å². The van der Waals surface area contributed by atoms with Gasteiger partial charge in [-0.05, 0) is 6.92 Å². The number of carbonyl (C=O) groups is 1. The van der Waals surface area contributed by atoms with Gasteiger partial charge in [-0.2, -0.15) is 0 Å². The van der Waals surface area contributed by atoms with Crippen molar-refractivity contribution in [1.29, 1.82) is 0 Å². The Morgan fingerprint density at radius 1 is 1.43 bits per heavy atom. The molecule has 0 fully saturated rings. The first-order valence-electron chi connectivity index (χ1n) is 3.97. The lowest BCUT2D eigenvalue weighted by Crippen LogP contribution is -2.32. The number of carboxylic acid groups (broad SMARTS) is 1. The molecule has 0 aliphatic heterocycles. The van der Waals surface area contributed by atoms with Crippen LogP contribution in [-0.4, -0.2) is 51.8 Å². The molecule has 0 aromatic carbocycles. The normalized spacial score (nSPS) is 16.1. The maximum atomic E-state index is 10.3.